The quantitative estimate of drug-likeness (QED) is 0.734. The van der Waals surface area contributed by atoms with E-state index in [1.165, 1.54) is 0 Å². The first-order chi connectivity index (χ1) is 10.1. The smallest absolute Gasteiger partial charge is 0.253 e. The van der Waals surface area contributed by atoms with Crippen molar-refractivity contribution in [2.75, 3.05) is 25.6 Å². The van der Waals surface area contributed by atoms with Crippen LogP contribution >= 0.6 is 0 Å². The average Bonchev–Trinajstić information content (AvgIpc) is 2.45. The largest absolute Gasteiger partial charge is 0.384 e. The van der Waals surface area contributed by atoms with Crippen molar-refractivity contribution >= 4 is 11.6 Å². The molecule has 0 saturated carbocycles. The zero-order chi connectivity index (χ0) is 15.7. The van der Waals surface area contributed by atoms with Crippen LogP contribution in [-0.4, -0.2) is 32.2 Å². The van der Waals surface area contributed by atoms with Crippen LogP contribution in [0.4, 0.5) is 5.69 Å². The normalized spacial score (nSPS) is 12.0. The number of nitrogens with one attached hydrogen (secondary N) is 2. The van der Waals surface area contributed by atoms with E-state index in [1.54, 1.807) is 7.11 Å². The lowest BCUT2D eigenvalue weighted by Crippen LogP contribution is -2.38. The number of methoxy groups -OCH3 is 1. The highest BCUT2D eigenvalue weighted by Gasteiger charge is 2.16. The van der Waals surface area contributed by atoms with Crippen molar-refractivity contribution in [3.8, 4) is 0 Å². The number of rotatable bonds is 9. The van der Waals surface area contributed by atoms with Gasteiger partial charge >= 0.3 is 0 Å². The van der Waals surface area contributed by atoms with Crippen molar-refractivity contribution in [3.63, 3.8) is 0 Å². The van der Waals surface area contributed by atoms with Gasteiger partial charge in [0.25, 0.3) is 5.91 Å². The molecule has 0 aliphatic carbocycles. The van der Waals surface area contributed by atoms with Gasteiger partial charge in [-0.25, -0.2) is 0 Å². The molecule has 1 rings (SSSR count). The Hall–Kier alpha value is -1.55. The second kappa shape index (κ2) is 9.40. The van der Waals surface area contributed by atoms with Crippen molar-refractivity contribution in [2.45, 2.75) is 46.1 Å². The maximum atomic E-state index is 12.5. The van der Waals surface area contributed by atoms with Gasteiger partial charge in [0, 0.05) is 19.3 Å². The summed E-state index contributed by atoms with van der Waals surface area (Å²) in [5.41, 5.74) is 2.75. The van der Waals surface area contributed by atoms with Crippen LogP contribution in [0.5, 0.6) is 0 Å². The van der Waals surface area contributed by atoms with Gasteiger partial charge in [0.15, 0.2) is 0 Å². The number of aryl methyl sites for hydroxylation is 1. The second-order valence-electron chi connectivity index (χ2n) is 5.39. The molecule has 0 fully saturated rings. The van der Waals surface area contributed by atoms with E-state index >= 15 is 0 Å². The molecule has 0 spiro atoms. The van der Waals surface area contributed by atoms with Crippen LogP contribution < -0.4 is 10.6 Å². The number of carbonyl (C=O) groups is 1. The van der Waals surface area contributed by atoms with Crippen LogP contribution in [0.2, 0.25) is 0 Å². The molecular weight excluding hydrogens is 264 g/mol. The van der Waals surface area contributed by atoms with E-state index < -0.39 is 0 Å². The summed E-state index contributed by atoms with van der Waals surface area (Å²) in [7, 11) is 1.66. The first-order valence-corrected chi connectivity index (χ1v) is 7.76. The number of ether oxygens (including phenoxy) is 1. The fourth-order valence-corrected chi connectivity index (χ4v) is 2.27. The number of hydrogen-bond acceptors (Lipinski definition) is 3. The molecule has 4 nitrogen and oxygen atoms in total. The monoisotopic (exact) mass is 292 g/mol. The Morgan fingerprint density at radius 1 is 1.29 bits per heavy atom. The van der Waals surface area contributed by atoms with Crippen LogP contribution in [0.15, 0.2) is 18.2 Å². The van der Waals surface area contributed by atoms with Gasteiger partial charge in [0.2, 0.25) is 0 Å². The number of amides is 1. The molecule has 4 heteroatoms. The average molecular weight is 292 g/mol. The van der Waals surface area contributed by atoms with Gasteiger partial charge < -0.3 is 15.4 Å². The number of hydrogen-bond donors (Lipinski definition) is 2. The molecule has 118 valence electrons. The maximum absolute atomic E-state index is 12.5. The summed E-state index contributed by atoms with van der Waals surface area (Å²) in [5.74, 6) is -0.0379. The van der Waals surface area contributed by atoms with Gasteiger partial charge in [0.05, 0.1) is 18.2 Å². The topological polar surface area (TPSA) is 50.4 Å². The van der Waals surface area contributed by atoms with Crippen molar-refractivity contribution in [1.82, 2.24) is 5.32 Å². The lowest BCUT2D eigenvalue weighted by atomic mass is 10.1. The SMILES string of the molecule is CCCNc1cc(C)ccc1C(=O)NC(CCC)COC. The van der Waals surface area contributed by atoms with Gasteiger partial charge in [-0.15, -0.1) is 0 Å². The van der Waals surface area contributed by atoms with Crippen LogP contribution in [0.25, 0.3) is 0 Å². The molecule has 1 amide bonds. The molecule has 1 aromatic carbocycles. The predicted octanol–water partition coefficient (Wildman–Crippen LogP) is 3.36. The predicted molar refractivity (Wildman–Crippen MR) is 88.0 cm³/mol. The number of benzene rings is 1. The standard InChI is InChI=1S/C17H28N2O2/c1-5-7-14(12-21-4)19-17(20)15-9-8-13(3)11-16(15)18-10-6-2/h8-9,11,14,18H,5-7,10,12H2,1-4H3,(H,19,20). The molecule has 0 aliphatic heterocycles. The fourth-order valence-electron chi connectivity index (χ4n) is 2.27. The van der Waals surface area contributed by atoms with Crippen LogP contribution in [-0.2, 0) is 4.74 Å². The fraction of sp³-hybridized carbons (Fsp3) is 0.588. The van der Waals surface area contributed by atoms with Crippen molar-refractivity contribution in [2.24, 2.45) is 0 Å². The molecule has 1 unspecified atom stereocenters. The van der Waals surface area contributed by atoms with E-state index in [1.807, 2.05) is 25.1 Å². The Kier molecular flexibility index (Phi) is 7.83. The second-order valence-corrected chi connectivity index (χ2v) is 5.39. The molecule has 0 radical (unpaired) electrons. The van der Waals surface area contributed by atoms with E-state index in [0.29, 0.717) is 12.2 Å². The molecule has 0 heterocycles. The summed E-state index contributed by atoms with van der Waals surface area (Å²) in [6.07, 6.45) is 2.96. The lowest BCUT2D eigenvalue weighted by molar-refractivity contribution is 0.0892. The zero-order valence-corrected chi connectivity index (χ0v) is 13.7. The molecule has 0 aliphatic rings. The Bertz CT molecular complexity index is 440. The van der Waals surface area contributed by atoms with Crippen molar-refractivity contribution < 1.29 is 9.53 Å². The van der Waals surface area contributed by atoms with Gasteiger partial charge in [-0.2, -0.15) is 0 Å². The van der Waals surface area contributed by atoms with E-state index in [-0.39, 0.29) is 11.9 Å². The van der Waals surface area contributed by atoms with Gasteiger partial charge in [0.1, 0.15) is 0 Å². The van der Waals surface area contributed by atoms with Crippen molar-refractivity contribution in [3.05, 3.63) is 29.3 Å². The minimum Gasteiger partial charge on any atom is -0.384 e. The highest BCUT2D eigenvalue weighted by Crippen LogP contribution is 2.18. The Balaban J connectivity index is 2.84. The minimum absolute atomic E-state index is 0.0379. The summed E-state index contributed by atoms with van der Waals surface area (Å²) in [6, 6.07) is 5.94. The molecule has 0 saturated heterocycles. The third kappa shape index (κ3) is 5.76. The third-order valence-electron chi connectivity index (χ3n) is 3.33. The molecule has 0 aromatic heterocycles. The summed E-state index contributed by atoms with van der Waals surface area (Å²) >= 11 is 0. The van der Waals surface area contributed by atoms with Crippen LogP contribution in [0, 0.1) is 6.92 Å². The maximum Gasteiger partial charge on any atom is 0.253 e. The number of carbonyl (C=O) groups excluding carboxylic acids is 1. The molecule has 2 N–H and O–H groups in total. The number of anilines is 1. The van der Waals surface area contributed by atoms with Crippen LogP contribution in [0.3, 0.4) is 0 Å². The van der Waals surface area contributed by atoms with E-state index in [9.17, 15) is 4.79 Å². The summed E-state index contributed by atoms with van der Waals surface area (Å²) < 4.78 is 5.18. The molecule has 1 aromatic rings. The zero-order valence-electron chi connectivity index (χ0n) is 13.7. The summed E-state index contributed by atoms with van der Waals surface area (Å²) in [6.45, 7) is 7.65. The minimum atomic E-state index is -0.0379. The van der Waals surface area contributed by atoms with Crippen molar-refractivity contribution in [1.29, 1.82) is 0 Å². The molecule has 1 atom stereocenters. The first-order valence-electron chi connectivity index (χ1n) is 7.76. The van der Waals surface area contributed by atoms with Crippen LogP contribution in [0.1, 0.15) is 49.0 Å². The van der Waals surface area contributed by atoms with E-state index in [2.05, 4.69) is 24.5 Å². The highest BCUT2D eigenvalue weighted by atomic mass is 16.5. The summed E-state index contributed by atoms with van der Waals surface area (Å²) in [4.78, 5) is 12.5. The van der Waals surface area contributed by atoms with Gasteiger partial charge in [-0.3, -0.25) is 4.79 Å². The lowest BCUT2D eigenvalue weighted by Gasteiger charge is -2.19. The Morgan fingerprint density at radius 2 is 2.05 bits per heavy atom. The highest BCUT2D eigenvalue weighted by molar-refractivity contribution is 5.99. The Morgan fingerprint density at radius 3 is 2.67 bits per heavy atom. The molecule has 0 bridgehead atoms. The summed E-state index contributed by atoms with van der Waals surface area (Å²) in [5, 5.41) is 6.40. The third-order valence-corrected chi connectivity index (χ3v) is 3.33. The van der Waals surface area contributed by atoms with E-state index in [4.69, 9.17) is 4.74 Å². The van der Waals surface area contributed by atoms with E-state index in [0.717, 1.165) is 37.1 Å². The molecular formula is C17H28N2O2. The first kappa shape index (κ1) is 17.5. The Labute approximate surface area is 128 Å². The van der Waals surface area contributed by atoms with Gasteiger partial charge in [-0.05, 0) is 37.5 Å². The molecule has 21 heavy (non-hydrogen) atoms. The van der Waals surface area contributed by atoms with Gasteiger partial charge in [-0.1, -0.05) is 26.3 Å².